The van der Waals surface area contributed by atoms with Gasteiger partial charge in [-0.3, -0.25) is 5.43 Å². The van der Waals surface area contributed by atoms with Crippen LogP contribution in [0, 0.1) is 6.20 Å². The summed E-state index contributed by atoms with van der Waals surface area (Å²) >= 11 is 0. The van der Waals surface area contributed by atoms with Crippen LogP contribution >= 0.6 is 0 Å². The minimum Gasteiger partial charge on any atom is -0.368 e. The van der Waals surface area contributed by atoms with Crippen LogP contribution in [0.5, 0.6) is 0 Å². The minimum absolute atomic E-state index is 0.119. The second kappa shape index (κ2) is 4.58. The lowest BCUT2D eigenvalue weighted by Crippen LogP contribution is -2.33. The van der Waals surface area contributed by atoms with E-state index in [1.165, 1.54) is 0 Å². The monoisotopic (exact) mass is 171 g/mol. The van der Waals surface area contributed by atoms with E-state index in [9.17, 15) is 4.48 Å². The van der Waals surface area contributed by atoms with Crippen molar-refractivity contribution in [3.63, 3.8) is 0 Å². The van der Waals surface area contributed by atoms with Crippen LogP contribution in [-0.4, -0.2) is 17.7 Å². The maximum absolute atomic E-state index is 12.4. The molecule has 0 aromatic heterocycles. The van der Waals surface area contributed by atoms with Crippen molar-refractivity contribution in [2.45, 2.75) is 19.8 Å². The van der Waals surface area contributed by atoms with Crippen molar-refractivity contribution in [2.75, 3.05) is 6.54 Å². The largest absolute Gasteiger partial charge is 0.368 e. The SMILES string of the molecule is CCCCNC1=NN(F)N[C]=C1. The van der Waals surface area contributed by atoms with E-state index in [0.717, 1.165) is 19.4 Å². The highest BCUT2D eigenvalue weighted by atomic mass is 19.2. The quantitative estimate of drug-likeness (QED) is 0.485. The predicted molar refractivity (Wildman–Crippen MR) is 44.2 cm³/mol. The Morgan fingerprint density at radius 2 is 2.67 bits per heavy atom. The van der Waals surface area contributed by atoms with Gasteiger partial charge < -0.3 is 5.32 Å². The zero-order valence-electron chi connectivity index (χ0n) is 6.97. The lowest BCUT2D eigenvalue weighted by atomic mass is 10.3. The predicted octanol–water partition coefficient (Wildman–Crippen LogP) is 0.711. The van der Waals surface area contributed by atoms with Crippen LogP contribution in [0.2, 0.25) is 0 Å². The molecule has 12 heavy (non-hydrogen) atoms. The number of halogens is 1. The second-order valence-corrected chi connectivity index (χ2v) is 2.43. The number of rotatable bonds is 3. The molecule has 0 unspecified atom stereocenters. The number of hydrogen-bond acceptors (Lipinski definition) is 4. The Kier molecular flexibility index (Phi) is 3.37. The highest BCUT2D eigenvalue weighted by Gasteiger charge is 2.03. The summed E-state index contributed by atoms with van der Waals surface area (Å²) in [6, 6.07) is 0. The average Bonchev–Trinajstić information content (AvgIpc) is 2.05. The Labute approximate surface area is 71.0 Å². The third-order valence-corrected chi connectivity index (χ3v) is 1.40. The normalized spacial score (nSPS) is 15.5. The summed E-state index contributed by atoms with van der Waals surface area (Å²) in [5, 5.41) is 6.58. The molecule has 0 aliphatic carbocycles. The molecule has 0 saturated carbocycles. The van der Waals surface area contributed by atoms with Crippen molar-refractivity contribution in [2.24, 2.45) is 5.10 Å². The molecule has 1 radical (unpaired) electrons. The summed E-state index contributed by atoms with van der Waals surface area (Å²) in [5.41, 5.74) is 2.14. The molecule has 0 spiro atoms. The van der Waals surface area contributed by atoms with Gasteiger partial charge in [-0.15, -0.1) is 5.10 Å². The van der Waals surface area contributed by atoms with Crippen molar-refractivity contribution in [1.82, 2.24) is 16.1 Å². The summed E-state index contributed by atoms with van der Waals surface area (Å²) in [5.74, 6) is 0.490. The molecule has 0 atom stereocenters. The van der Waals surface area contributed by atoms with E-state index in [2.05, 4.69) is 29.0 Å². The topological polar surface area (TPSA) is 39.7 Å². The highest BCUT2D eigenvalue weighted by molar-refractivity contribution is 5.92. The van der Waals surface area contributed by atoms with E-state index >= 15 is 0 Å². The first-order valence-electron chi connectivity index (χ1n) is 3.95. The van der Waals surface area contributed by atoms with Gasteiger partial charge >= 0.3 is 0 Å². The summed E-state index contributed by atoms with van der Waals surface area (Å²) in [6.45, 7) is 2.90. The molecule has 2 N–H and O–H groups in total. The summed E-state index contributed by atoms with van der Waals surface area (Å²) in [7, 11) is 0. The van der Waals surface area contributed by atoms with Crippen LogP contribution < -0.4 is 10.7 Å². The van der Waals surface area contributed by atoms with Crippen LogP contribution in [-0.2, 0) is 0 Å². The van der Waals surface area contributed by atoms with Crippen molar-refractivity contribution in [3.8, 4) is 0 Å². The third kappa shape index (κ3) is 2.77. The molecule has 0 aromatic rings. The van der Waals surface area contributed by atoms with Crippen molar-refractivity contribution < 1.29 is 4.48 Å². The molecular formula is C7H12FN4. The first-order chi connectivity index (χ1) is 5.83. The number of hydrazone groups is 1. The molecule has 0 fully saturated rings. The Hall–Kier alpha value is -1.26. The number of nitrogens with one attached hydrogen (secondary N) is 2. The Bertz CT molecular complexity index is 190. The zero-order valence-corrected chi connectivity index (χ0v) is 6.97. The molecule has 0 saturated heterocycles. The molecule has 5 heteroatoms. The van der Waals surface area contributed by atoms with Gasteiger partial charge in [0.05, 0.1) is 6.20 Å². The molecule has 1 aliphatic rings. The molecule has 1 heterocycles. The maximum Gasteiger partial charge on any atom is 0.153 e. The Balaban J connectivity index is 2.26. The zero-order chi connectivity index (χ0) is 8.81. The van der Waals surface area contributed by atoms with E-state index < -0.39 is 0 Å². The number of unbranched alkanes of at least 4 members (excludes halogenated alkanes) is 1. The molecule has 1 rings (SSSR count). The molecule has 0 bridgehead atoms. The summed E-state index contributed by atoms with van der Waals surface area (Å²) < 4.78 is 12.4. The van der Waals surface area contributed by atoms with Gasteiger partial charge in [0.2, 0.25) is 0 Å². The first kappa shape index (κ1) is 8.83. The fourth-order valence-corrected chi connectivity index (χ4v) is 0.782. The number of hydrogen-bond donors (Lipinski definition) is 2. The van der Waals surface area contributed by atoms with Crippen molar-refractivity contribution in [3.05, 3.63) is 12.3 Å². The van der Waals surface area contributed by atoms with E-state index in [-0.39, 0.29) is 5.34 Å². The number of amidine groups is 1. The van der Waals surface area contributed by atoms with Gasteiger partial charge in [0.15, 0.2) is 5.84 Å². The standard InChI is InChI=1S/C7H12FN4/c1-2-3-5-9-7-4-6-10-12(8)11-7/h4,10H,2-3,5H2,1H3,(H,9,11). The van der Waals surface area contributed by atoms with Crippen LogP contribution in [0.4, 0.5) is 4.48 Å². The van der Waals surface area contributed by atoms with Gasteiger partial charge in [-0.05, 0) is 11.8 Å². The molecule has 1 aliphatic heterocycles. The fourth-order valence-electron chi connectivity index (χ4n) is 0.782. The molecule has 0 amide bonds. The molecule has 4 nitrogen and oxygen atoms in total. The van der Waals surface area contributed by atoms with Crippen LogP contribution in [0.15, 0.2) is 11.2 Å². The fraction of sp³-hybridized carbons (Fsp3) is 0.571. The van der Waals surface area contributed by atoms with E-state index in [4.69, 9.17) is 0 Å². The number of hydrazine groups is 1. The van der Waals surface area contributed by atoms with Crippen LogP contribution in [0.25, 0.3) is 0 Å². The van der Waals surface area contributed by atoms with E-state index in [1.54, 1.807) is 6.08 Å². The van der Waals surface area contributed by atoms with E-state index in [0.29, 0.717) is 5.84 Å². The van der Waals surface area contributed by atoms with Crippen LogP contribution in [0.3, 0.4) is 0 Å². The third-order valence-electron chi connectivity index (χ3n) is 1.40. The summed E-state index contributed by atoms with van der Waals surface area (Å²) in [4.78, 5) is 0. The maximum atomic E-state index is 12.4. The van der Waals surface area contributed by atoms with Crippen LogP contribution in [0.1, 0.15) is 19.8 Å². The smallest absolute Gasteiger partial charge is 0.153 e. The first-order valence-corrected chi connectivity index (χ1v) is 3.95. The van der Waals surface area contributed by atoms with Gasteiger partial charge in [-0.2, -0.15) is 0 Å². The Morgan fingerprint density at radius 1 is 1.83 bits per heavy atom. The summed E-state index contributed by atoms with van der Waals surface area (Å²) in [6.07, 6.45) is 6.21. The van der Waals surface area contributed by atoms with Gasteiger partial charge in [0, 0.05) is 12.6 Å². The highest BCUT2D eigenvalue weighted by Crippen LogP contribution is 1.92. The molecule has 0 aromatic carbocycles. The molecular weight excluding hydrogens is 159 g/mol. The van der Waals surface area contributed by atoms with Crippen molar-refractivity contribution >= 4 is 5.84 Å². The molecule has 67 valence electrons. The minimum atomic E-state index is 0.119. The van der Waals surface area contributed by atoms with Crippen molar-refractivity contribution in [1.29, 1.82) is 0 Å². The lowest BCUT2D eigenvalue weighted by Gasteiger charge is -2.13. The lowest BCUT2D eigenvalue weighted by molar-refractivity contribution is -0.0175. The Morgan fingerprint density at radius 3 is 3.33 bits per heavy atom. The number of nitrogens with zero attached hydrogens (tertiary/aromatic N) is 2. The average molecular weight is 171 g/mol. The van der Waals surface area contributed by atoms with E-state index in [1.807, 2.05) is 0 Å². The van der Waals surface area contributed by atoms with Gasteiger partial charge in [-0.25, -0.2) is 0 Å². The van der Waals surface area contributed by atoms with Gasteiger partial charge in [0.1, 0.15) is 0 Å². The van der Waals surface area contributed by atoms with Gasteiger partial charge in [0.25, 0.3) is 0 Å². The van der Waals surface area contributed by atoms with Gasteiger partial charge in [-0.1, -0.05) is 17.8 Å². The second-order valence-electron chi connectivity index (χ2n) is 2.43.